The normalized spacial score (nSPS) is 20.9. The van der Waals surface area contributed by atoms with Crippen LogP contribution in [0.4, 0.5) is 17.3 Å². The van der Waals surface area contributed by atoms with Gasteiger partial charge in [-0.1, -0.05) is 18.2 Å². The Morgan fingerprint density at radius 3 is 2.82 bits per heavy atom. The molecule has 7 rings (SSSR count). The number of hydrogen-bond acceptors (Lipinski definition) is 8. The number of pyridine rings is 1. The minimum absolute atomic E-state index is 0.100. The van der Waals surface area contributed by atoms with Crippen molar-refractivity contribution in [2.24, 2.45) is 5.73 Å². The fraction of sp³-hybridized carbons (Fsp3) is 0.360. The number of nitrogens with one attached hydrogen (secondary N) is 1. The molecule has 1 fully saturated rings. The molecule has 172 valence electrons. The highest BCUT2D eigenvalue weighted by Crippen LogP contribution is 2.47. The Hall–Kier alpha value is -3.72. The highest BCUT2D eigenvalue weighted by atomic mass is 16.5. The summed E-state index contributed by atoms with van der Waals surface area (Å²) < 4.78 is 6.39. The van der Waals surface area contributed by atoms with E-state index < -0.39 is 0 Å². The lowest BCUT2D eigenvalue weighted by Gasteiger charge is -2.41. The van der Waals surface area contributed by atoms with Crippen molar-refractivity contribution in [3.8, 4) is 5.75 Å². The Bertz CT molecular complexity index is 1380. The van der Waals surface area contributed by atoms with Crippen LogP contribution in [0.5, 0.6) is 5.75 Å². The monoisotopic (exact) mass is 454 g/mol. The molecule has 9 heteroatoms. The SMILES string of the molecule is N[C@@H]1c2ccccc2OC12CCN(c1cnc3c(N4CCCc5ncccc54)n[nH]c3n1)CC2. The number of benzene rings is 1. The summed E-state index contributed by atoms with van der Waals surface area (Å²) in [5, 5.41) is 7.69. The smallest absolute Gasteiger partial charge is 0.183 e. The van der Waals surface area contributed by atoms with E-state index in [1.54, 1.807) is 0 Å². The maximum atomic E-state index is 6.63. The Labute approximate surface area is 197 Å². The Kier molecular flexibility index (Phi) is 4.29. The standard InChI is InChI=1S/C25H26N8O/c26-22-16-5-1-2-8-19(16)34-25(22)9-13-32(14-10-25)20-15-28-21-23(29-20)30-31-24(21)33-12-4-6-17-18(33)7-3-11-27-17/h1-3,5,7-8,11,15,22H,4,6,9-10,12-14,26H2,(H,29,30,31)/t22-/m1/s1. The number of ether oxygens (including phenoxy) is 1. The van der Waals surface area contributed by atoms with E-state index in [2.05, 4.69) is 37.1 Å². The lowest BCUT2D eigenvalue weighted by atomic mass is 9.83. The molecule has 34 heavy (non-hydrogen) atoms. The van der Waals surface area contributed by atoms with Gasteiger partial charge in [-0.15, -0.1) is 0 Å². The highest BCUT2D eigenvalue weighted by Gasteiger charge is 2.48. The largest absolute Gasteiger partial charge is 0.485 e. The Morgan fingerprint density at radius 2 is 1.94 bits per heavy atom. The van der Waals surface area contributed by atoms with Crippen molar-refractivity contribution in [3.05, 3.63) is 60.0 Å². The van der Waals surface area contributed by atoms with Gasteiger partial charge in [0.05, 0.1) is 23.6 Å². The summed E-state index contributed by atoms with van der Waals surface area (Å²) in [6.45, 7) is 2.51. The van der Waals surface area contributed by atoms with Crippen LogP contribution in [-0.2, 0) is 6.42 Å². The molecule has 0 unspecified atom stereocenters. The number of fused-ring (bicyclic) bond motifs is 3. The summed E-state index contributed by atoms with van der Waals surface area (Å²) >= 11 is 0. The number of H-pyrrole nitrogens is 1. The van der Waals surface area contributed by atoms with E-state index in [4.69, 9.17) is 20.4 Å². The second-order valence-corrected chi connectivity index (χ2v) is 9.37. The first-order chi connectivity index (χ1) is 16.7. The average Bonchev–Trinajstić information content (AvgIpc) is 3.43. The molecular weight excluding hydrogens is 428 g/mol. The topological polar surface area (TPSA) is 109 Å². The zero-order valence-electron chi connectivity index (χ0n) is 18.8. The molecule has 0 amide bonds. The number of nitrogens with zero attached hydrogens (tertiary/aromatic N) is 6. The molecule has 1 spiro atoms. The Balaban J connectivity index is 1.13. The Morgan fingerprint density at radius 1 is 1.06 bits per heavy atom. The number of piperidine rings is 1. The van der Waals surface area contributed by atoms with Gasteiger partial charge in [0.1, 0.15) is 17.2 Å². The second-order valence-electron chi connectivity index (χ2n) is 9.37. The van der Waals surface area contributed by atoms with Crippen LogP contribution < -0.4 is 20.3 Å². The molecule has 3 aliphatic rings. The molecule has 9 nitrogen and oxygen atoms in total. The summed E-state index contributed by atoms with van der Waals surface area (Å²) in [4.78, 5) is 18.7. The fourth-order valence-electron chi connectivity index (χ4n) is 5.66. The first-order valence-corrected chi connectivity index (χ1v) is 11.9. The van der Waals surface area contributed by atoms with Crippen LogP contribution >= 0.6 is 0 Å². The van der Waals surface area contributed by atoms with Crippen LogP contribution in [-0.4, -0.2) is 50.4 Å². The van der Waals surface area contributed by atoms with Gasteiger partial charge in [0.25, 0.3) is 0 Å². The van der Waals surface area contributed by atoms with Gasteiger partial charge in [-0.05, 0) is 31.0 Å². The van der Waals surface area contributed by atoms with Crippen molar-refractivity contribution >= 4 is 28.5 Å². The molecule has 0 bridgehead atoms. The number of rotatable bonds is 2. The van der Waals surface area contributed by atoms with Crippen molar-refractivity contribution in [2.45, 2.75) is 37.3 Å². The van der Waals surface area contributed by atoms with Crippen LogP contribution in [0, 0.1) is 0 Å². The summed E-state index contributed by atoms with van der Waals surface area (Å²) in [6.07, 6.45) is 7.41. The van der Waals surface area contributed by atoms with Gasteiger partial charge in [-0.25, -0.2) is 9.97 Å². The van der Waals surface area contributed by atoms with Gasteiger partial charge in [0, 0.05) is 44.2 Å². The molecule has 1 atom stereocenters. The first kappa shape index (κ1) is 19.7. The minimum Gasteiger partial charge on any atom is -0.485 e. The first-order valence-electron chi connectivity index (χ1n) is 11.9. The molecule has 6 heterocycles. The van der Waals surface area contributed by atoms with Gasteiger partial charge >= 0.3 is 0 Å². The molecule has 3 N–H and O–H groups in total. The van der Waals surface area contributed by atoms with Crippen molar-refractivity contribution < 1.29 is 4.74 Å². The van der Waals surface area contributed by atoms with E-state index in [-0.39, 0.29) is 11.6 Å². The zero-order chi connectivity index (χ0) is 22.7. The summed E-state index contributed by atoms with van der Waals surface area (Å²) in [6, 6.07) is 12.1. The quantitative estimate of drug-likeness (QED) is 0.475. The van der Waals surface area contributed by atoms with E-state index in [0.29, 0.717) is 5.65 Å². The lowest BCUT2D eigenvalue weighted by molar-refractivity contribution is 0.0431. The number of hydrogen-bond donors (Lipinski definition) is 2. The van der Waals surface area contributed by atoms with E-state index in [1.807, 2.05) is 36.7 Å². The molecule has 3 aliphatic heterocycles. The molecule has 3 aromatic heterocycles. The van der Waals surface area contributed by atoms with Crippen molar-refractivity contribution in [3.63, 3.8) is 0 Å². The number of aromatic nitrogens is 5. The number of para-hydroxylation sites is 1. The average molecular weight is 455 g/mol. The fourth-order valence-corrected chi connectivity index (χ4v) is 5.66. The van der Waals surface area contributed by atoms with Gasteiger partial charge in [-0.2, -0.15) is 5.10 Å². The number of nitrogens with two attached hydrogens (primary N) is 1. The second kappa shape index (κ2) is 7.39. The number of anilines is 3. The van der Waals surface area contributed by atoms with Crippen molar-refractivity contribution in [1.29, 1.82) is 0 Å². The minimum atomic E-state index is -0.339. The van der Waals surface area contributed by atoms with E-state index in [0.717, 1.165) is 85.2 Å². The molecule has 0 saturated carbocycles. The van der Waals surface area contributed by atoms with Gasteiger partial charge < -0.3 is 20.3 Å². The summed E-state index contributed by atoms with van der Waals surface area (Å²) in [5.74, 6) is 2.58. The summed E-state index contributed by atoms with van der Waals surface area (Å²) in [5.41, 5.74) is 11.1. The molecule has 4 aromatic rings. The lowest BCUT2D eigenvalue weighted by Crippen LogP contribution is -2.51. The van der Waals surface area contributed by atoms with Crippen molar-refractivity contribution in [2.75, 3.05) is 29.4 Å². The highest BCUT2D eigenvalue weighted by molar-refractivity contribution is 5.87. The van der Waals surface area contributed by atoms with Gasteiger partial charge in [0.15, 0.2) is 17.0 Å². The third-order valence-corrected chi connectivity index (χ3v) is 7.52. The predicted octanol–water partition coefficient (Wildman–Crippen LogP) is 3.26. The van der Waals surface area contributed by atoms with Crippen LogP contribution in [0.15, 0.2) is 48.8 Å². The maximum Gasteiger partial charge on any atom is 0.183 e. The van der Waals surface area contributed by atoms with Gasteiger partial charge in [0.2, 0.25) is 0 Å². The third-order valence-electron chi connectivity index (χ3n) is 7.52. The van der Waals surface area contributed by atoms with Crippen LogP contribution in [0.2, 0.25) is 0 Å². The maximum absolute atomic E-state index is 6.63. The van der Waals surface area contributed by atoms with E-state index in [1.165, 1.54) is 0 Å². The third kappa shape index (κ3) is 2.89. The molecular formula is C25H26N8O. The molecule has 1 aromatic carbocycles. The van der Waals surface area contributed by atoms with Crippen molar-refractivity contribution in [1.82, 2.24) is 25.1 Å². The van der Waals surface area contributed by atoms with Crippen LogP contribution in [0.3, 0.4) is 0 Å². The zero-order valence-corrected chi connectivity index (χ0v) is 18.8. The number of aromatic amines is 1. The number of aryl methyl sites for hydroxylation is 1. The molecule has 0 aliphatic carbocycles. The van der Waals surface area contributed by atoms with E-state index >= 15 is 0 Å². The van der Waals surface area contributed by atoms with E-state index in [9.17, 15) is 0 Å². The van der Waals surface area contributed by atoms with Crippen LogP contribution in [0.25, 0.3) is 11.2 Å². The predicted molar refractivity (Wildman–Crippen MR) is 129 cm³/mol. The van der Waals surface area contributed by atoms with Gasteiger partial charge in [-0.3, -0.25) is 10.1 Å². The van der Waals surface area contributed by atoms with Crippen LogP contribution in [0.1, 0.15) is 36.6 Å². The summed E-state index contributed by atoms with van der Waals surface area (Å²) in [7, 11) is 0. The molecule has 0 radical (unpaired) electrons. The molecule has 1 saturated heterocycles.